The van der Waals surface area contributed by atoms with Crippen LogP contribution in [0.25, 0.3) is 0 Å². The highest BCUT2D eigenvalue weighted by Gasteiger charge is 2.32. The number of ketones is 1. The van der Waals surface area contributed by atoms with E-state index in [0.29, 0.717) is 38.0 Å². The van der Waals surface area contributed by atoms with Crippen LogP contribution in [0.3, 0.4) is 0 Å². The number of piperidine rings is 1. The summed E-state index contributed by atoms with van der Waals surface area (Å²) >= 11 is 0. The van der Waals surface area contributed by atoms with Crippen LogP contribution < -0.4 is 10.6 Å². The normalized spacial score (nSPS) is 17.7. The van der Waals surface area contributed by atoms with E-state index in [-0.39, 0.29) is 28.5 Å². The molecule has 1 unspecified atom stereocenters. The lowest BCUT2D eigenvalue weighted by Crippen LogP contribution is -2.45. The van der Waals surface area contributed by atoms with Gasteiger partial charge in [0.05, 0.1) is 4.90 Å². The summed E-state index contributed by atoms with van der Waals surface area (Å²) in [6.07, 6.45) is 1.01. The van der Waals surface area contributed by atoms with E-state index in [2.05, 4.69) is 10.6 Å². The van der Waals surface area contributed by atoms with E-state index in [4.69, 9.17) is 0 Å². The summed E-state index contributed by atoms with van der Waals surface area (Å²) < 4.78 is 26.9. The van der Waals surface area contributed by atoms with E-state index in [9.17, 15) is 18.0 Å². The van der Waals surface area contributed by atoms with Crippen molar-refractivity contribution in [1.82, 2.24) is 14.9 Å². The topological polar surface area (TPSA) is 95.6 Å². The molecule has 0 aromatic heterocycles. The second kappa shape index (κ2) is 8.75. The van der Waals surface area contributed by atoms with Gasteiger partial charge >= 0.3 is 0 Å². The second-order valence-electron chi connectivity index (χ2n) is 6.69. The number of nitrogens with zero attached hydrogens (tertiary/aromatic N) is 1. The van der Waals surface area contributed by atoms with Gasteiger partial charge in [0.25, 0.3) is 0 Å². The molecule has 0 spiro atoms. The third-order valence-electron chi connectivity index (χ3n) is 4.80. The van der Waals surface area contributed by atoms with Crippen molar-refractivity contribution in [1.29, 1.82) is 0 Å². The number of carbonyl (C=O) groups excluding carboxylic acids is 2. The predicted octanol–water partition coefficient (Wildman–Crippen LogP) is 1.01. The molecule has 2 rings (SSSR count). The van der Waals surface area contributed by atoms with Gasteiger partial charge in [-0.15, -0.1) is 0 Å². The maximum Gasteiger partial charge on any atom is 0.243 e. The maximum absolute atomic E-state index is 12.7. The Morgan fingerprint density at radius 3 is 2.27 bits per heavy atom. The predicted molar refractivity (Wildman–Crippen MR) is 99.5 cm³/mol. The highest BCUT2D eigenvalue weighted by molar-refractivity contribution is 7.89. The third kappa shape index (κ3) is 4.90. The van der Waals surface area contributed by atoms with Crippen LogP contribution in [-0.4, -0.2) is 57.1 Å². The van der Waals surface area contributed by atoms with Gasteiger partial charge in [0.15, 0.2) is 5.78 Å². The SMILES string of the molecule is CNC(C)CNC(=O)C1CCN(S(=O)(=O)c2ccc(C(C)=O)cc2)CC1. The minimum absolute atomic E-state index is 0.0186. The molecule has 1 aromatic rings. The number of Topliss-reactive ketones (excluding diaryl/α,β-unsaturated/α-hetero) is 1. The fourth-order valence-corrected chi connectivity index (χ4v) is 4.34. The molecule has 26 heavy (non-hydrogen) atoms. The fraction of sp³-hybridized carbons (Fsp3) is 0.556. The fourth-order valence-electron chi connectivity index (χ4n) is 2.87. The van der Waals surface area contributed by atoms with Crippen molar-refractivity contribution in [3.05, 3.63) is 29.8 Å². The highest BCUT2D eigenvalue weighted by Crippen LogP contribution is 2.24. The number of amides is 1. The molecule has 1 saturated heterocycles. The summed E-state index contributed by atoms with van der Waals surface area (Å²) in [5.74, 6) is -0.283. The van der Waals surface area contributed by atoms with Crippen molar-refractivity contribution in [2.45, 2.75) is 37.6 Å². The van der Waals surface area contributed by atoms with E-state index in [1.165, 1.54) is 35.5 Å². The Bertz CT molecular complexity index is 738. The van der Waals surface area contributed by atoms with Gasteiger partial charge in [-0.05, 0) is 45.9 Å². The largest absolute Gasteiger partial charge is 0.354 e. The number of hydrogen-bond donors (Lipinski definition) is 2. The zero-order valence-corrected chi connectivity index (χ0v) is 16.3. The van der Waals surface area contributed by atoms with Crippen molar-refractivity contribution < 1.29 is 18.0 Å². The molecule has 1 aliphatic rings. The summed E-state index contributed by atoms with van der Waals surface area (Å²) in [5, 5.41) is 5.96. The lowest BCUT2D eigenvalue weighted by atomic mass is 9.97. The monoisotopic (exact) mass is 381 g/mol. The highest BCUT2D eigenvalue weighted by atomic mass is 32.2. The molecule has 0 bridgehead atoms. The summed E-state index contributed by atoms with van der Waals surface area (Å²) in [4.78, 5) is 23.7. The molecule has 1 atom stereocenters. The number of carbonyl (C=O) groups is 2. The third-order valence-corrected chi connectivity index (χ3v) is 6.71. The molecule has 1 fully saturated rings. The Morgan fingerprint density at radius 2 is 1.77 bits per heavy atom. The van der Waals surface area contributed by atoms with Gasteiger partial charge in [0.2, 0.25) is 15.9 Å². The number of benzene rings is 1. The molecule has 144 valence electrons. The Hall–Kier alpha value is -1.77. The number of nitrogens with one attached hydrogen (secondary N) is 2. The van der Waals surface area contributed by atoms with Crippen molar-refractivity contribution in [3.8, 4) is 0 Å². The molecule has 8 heteroatoms. The molecule has 0 radical (unpaired) electrons. The minimum Gasteiger partial charge on any atom is -0.354 e. The molecule has 1 aliphatic heterocycles. The lowest BCUT2D eigenvalue weighted by Gasteiger charge is -2.30. The van der Waals surface area contributed by atoms with Crippen LogP contribution in [0.5, 0.6) is 0 Å². The van der Waals surface area contributed by atoms with Crippen LogP contribution >= 0.6 is 0 Å². The average Bonchev–Trinajstić information content (AvgIpc) is 2.65. The molecule has 7 nitrogen and oxygen atoms in total. The zero-order valence-electron chi connectivity index (χ0n) is 15.5. The average molecular weight is 381 g/mol. The molecular weight excluding hydrogens is 354 g/mol. The van der Waals surface area contributed by atoms with Crippen LogP contribution in [0.2, 0.25) is 0 Å². The van der Waals surface area contributed by atoms with Crippen molar-refractivity contribution in [2.24, 2.45) is 5.92 Å². The van der Waals surface area contributed by atoms with Crippen molar-refractivity contribution in [2.75, 3.05) is 26.7 Å². The molecule has 0 aliphatic carbocycles. The Labute approximate surface area is 155 Å². The van der Waals surface area contributed by atoms with Crippen LogP contribution in [0.15, 0.2) is 29.2 Å². The van der Waals surface area contributed by atoms with E-state index in [1.807, 2.05) is 14.0 Å². The van der Waals surface area contributed by atoms with Crippen LogP contribution in [-0.2, 0) is 14.8 Å². The molecule has 0 saturated carbocycles. The summed E-state index contributed by atoms with van der Waals surface area (Å²) in [6.45, 7) is 4.60. The first-order chi connectivity index (χ1) is 12.3. The number of sulfonamides is 1. The standard InChI is InChI=1S/C18H27N3O4S/c1-13(19-3)12-20-18(23)16-8-10-21(11-9-16)26(24,25)17-6-4-15(5-7-17)14(2)22/h4-7,13,16,19H,8-12H2,1-3H3,(H,20,23). The van der Waals surface area contributed by atoms with E-state index in [0.717, 1.165) is 0 Å². The van der Waals surface area contributed by atoms with Gasteiger partial charge in [0, 0.05) is 37.2 Å². The Morgan fingerprint density at radius 1 is 1.19 bits per heavy atom. The summed E-state index contributed by atoms with van der Waals surface area (Å²) in [7, 11) is -1.77. The van der Waals surface area contributed by atoms with Crippen LogP contribution in [0.1, 0.15) is 37.0 Å². The smallest absolute Gasteiger partial charge is 0.243 e. The lowest BCUT2D eigenvalue weighted by molar-refractivity contribution is -0.126. The summed E-state index contributed by atoms with van der Waals surface area (Å²) in [6, 6.07) is 6.17. The van der Waals surface area contributed by atoms with Crippen LogP contribution in [0.4, 0.5) is 0 Å². The first-order valence-corrected chi connectivity index (χ1v) is 10.3. The first kappa shape index (κ1) is 20.5. The molecule has 2 N–H and O–H groups in total. The quantitative estimate of drug-likeness (QED) is 0.688. The van der Waals surface area contributed by atoms with Gasteiger partial charge in [-0.3, -0.25) is 9.59 Å². The van der Waals surface area contributed by atoms with Crippen LogP contribution in [0, 0.1) is 5.92 Å². The van der Waals surface area contributed by atoms with Gasteiger partial charge in [-0.1, -0.05) is 12.1 Å². The Kier molecular flexibility index (Phi) is 6.91. The van der Waals surface area contributed by atoms with E-state index < -0.39 is 10.0 Å². The number of likely N-dealkylation sites (N-methyl/N-ethyl adjacent to an activating group) is 1. The van der Waals surface area contributed by atoms with Gasteiger partial charge < -0.3 is 10.6 Å². The van der Waals surface area contributed by atoms with Gasteiger partial charge in [-0.2, -0.15) is 4.31 Å². The molecule has 1 amide bonds. The number of rotatable bonds is 7. The summed E-state index contributed by atoms with van der Waals surface area (Å²) in [5.41, 5.74) is 0.482. The van der Waals surface area contributed by atoms with Crippen molar-refractivity contribution >= 4 is 21.7 Å². The zero-order chi connectivity index (χ0) is 19.3. The molecule has 1 heterocycles. The Balaban J connectivity index is 1.95. The van der Waals surface area contributed by atoms with Crippen molar-refractivity contribution in [3.63, 3.8) is 0 Å². The molecular formula is C18H27N3O4S. The first-order valence-electron chi connectivity index (χ1n) is 8.82. The van der Waals surface area contributed by atoms with Gasteiger partial charge in [0.1, 0.15) is 0 Å². The number of hydrogen-bond acceptors (Lipinski definition) is 5. The second-order valence-corrected chi connectivity index (χ2v) is 8.63. The van der Waals surface area contributed by atoms with E-state index >= 15 is 0 Å². The van der Waals surface area contributed by atoms with E-state index in [1.54, 1.807) is 0 Å². The maximum atomic E-state index is 12.7. The minimum atomic E-state index is -3.60. The van der Waals surface area contributed by atoms with Gasteiger partial charge in [-0.25, -0.2) is 8.42 Å². The molecule has 1 aromatic carbocycles.